The van der Waals surface area contributed by atoms with E-state index in [1.807, 2.05) is 30.3 Å². The summed E-state index contributed by atoms with van der Waals surface area (Å²) in [7, 11) is 0. The molecule has 40 heavy (non-hydrogen) atoms. The molecule has 3 aliphatic rings. The molecule has 0 bridgehead atoms. The fourth-order valence-electron chi connectivity index (χ4n) is 6.80. The van der Waals surface area contributed by atoms with Crippen molar-refractivity contribution < 1.29 is 14.3 Å². The highest BCUT2D eigenvalue weighted by atomic mass is 16.6. The maximum absolute atomic E-state index is 13.4. The van der Waals surface area contributed by atoms with Crippen LogP contribution in [0.25, 0.3) is 0 Å². The predicted octanol–water partition coefficient (Wildman–Crippen LogP) is 7.82. The third kappa shape index (κ3) is 3.57. The van der Waals surface area contributed by atoms with Crippen molar-refractivity contribution in [3.05, 3.63) is 113 Å². The Morgan fingerprint density at radius 3 is 2.48 bits per heavy atom. The van der Waals surface area contributed by atoms with E-state index in [0.29, 0.717) is 11.5 Å². The van der Waals surface area contributed by atoms with Gasteiger partial charge >= 0.3 is 5.97 Å². The van der Waals surface area contributed by atoms with E-state index in [1.165, 1.54) is 11.3 Å². The maximum Gasteiger partial charge on any atom is 0.340 e. The molecule has 3 heterocycles. The van der Waals surface area contributed by atoms with E-state index in [9.17, 15) is 4.79 Å². The monoisotopic (exact) mass is 530 g/mol. The Hall–Kier alpha value is -4.25. The third-order valence-corrected chi connectivity index (χ3v) is 8.93. The largest absolute Gasteiger partial charge is 0.456 e. The van der Waals surface area contributed by atoms with Gasteiger partial charge in [0, 0.05) is 59.5 Å². The Kier molecular flexibility index (Phi) is 5.85. The van der Waals surface area contributed by atoms with Crippen LogP contribution >= 0.6 is 0 Å². The van der Waals surface area contributed by atoms with Crippen LogP contribution in [0.3, 0.4) is 0 Å². The molecule has 0 aromatic heterocycles. The summed E-state index contributed by atoms with van der Waals surface area (Å²) in [5.74, 6) is 1.71. The van der Waals surface area contributed by atoms with Crippen LogP contribution in [0.1, 0.15) is 59.8 Å². The molecule has 5 heteroatoms. The molecule has 0 N–H and O–H groups in total. The Morgan fingerprint density at radius 1 is 0.850 bits per heavy atom. The Balaban J connectivity index is 1.44. The van der Waals surface area contributed by atoms with E-state index in [-0.39, 0.29) is 5.97 Å². The van der Waals surface area contributed by atoms with Crippen molar-refractivity contribution in [1.82, 2.24) is 0 Å². The van der Waals surface area contributed by atoms with Crippen molar-refractivity contribution in [3.63, 3.8) is 0 Å². The van der Waals surface area contributed by atoms with Crippen molar-refractivity contribution in [2.75, 3.05) is 29.4 Å². The first-order chi connectivity index (χ1) is 19.6. The van der Waals surface area contributed by atoms with Gasteiger partial charge in [-0.25, -0.2) is 4.79 Å². The lowest BCUT2D eigenvalue weighted by Gasteiger charge is -2.39. The van der Waals surface area contributed by atoms with Crippen LogP contribution in [0.2, 0.25) is 0 Å². The minimum absolute atomic E-state index is 0.304. The summed E-state index contributed by atoms with van der Waals surface area (Å²) in [5.41, 5.74) is 6.90. The molecule has 7 rings (SSSR count). The molecule has 4 aromatic rings. The first kappa shape index (κ1) is 24.8. The minimum atomic E-state index is -1.08. The smallest absolute Gasteiger partial charge is 0.340 e. The average Bonchev–Trinajstić information content (AvgIpc) is 3.29. The number of carbonyl (C=O) groups excluding carboxylic acids is 1. The Morgan fingerprint density at radius 2 is 1.65 bits per heavy atom. The molecule has 0 amide bonds. The standard InChI is InChI=1S/C35H34N2O3/c1-4-23-19-24-11-7-10-14-31(24)37(22-23)26-16-18-32-30(20-26)35(28-13-9-8-12-27(28)34(38)40-35)29-17-15-25(21-33(29)39-32)36(5-2)6-3/h7-18,20-21,23H,4-6,19,22H2,1-3H3. The number of anilines is 3. The van der Waals surface area contributed by atoms with Crippen molar-refractivity contribution >= 4 is 23.0 Å². The van der Waals surface area contributed by atoms with E-state index in [1.54, 1.807) is 0 Å². The number of esters is 1. The van der Waals surface area contributed by atoms with Crippen molar-refractivity contribution in [3.8, 4) is 11.5 Å². The summed E-state index contributed by atoms with van der Waals surface area (Å²) >= 11 is 0. The maximum atomic E-state index is 13.4. The van der Waals surface area contributed by atoms with Crippen LogP contribution < -0.4 is 14.5 Å². The SMILES string of the molecule is CCC1Cc2ccccc2N(c2ccc3c(c2)C2(OC(=O)c4ccccc42)c2ccc(N(CC)CC)cc2O3)C1. The first-order valence-electron chi connectivity index (χ1n) is 14.5. The highest BCUT2D eigenvalue weighted by Crippen LogP contribution is 2.57. The number of hydrogen-bond donors (Lipinski definition) is 0. The molecule has 3 aliphatic heterocycles. The number of hydrogen-bond acceptors (Lipinski definition) is 5. The van der Waals surface area contributed by atoms with Crippen LogP contribution in [0, 0.1) is 5.92 Å². The van der Waals surface area contributed by atoms with E-state index in [2.05, 4.69) is 85.2 Å². The van der Waals surface area contributed by atoms with Crippen LogP contribution in [-0.4, -0.2) is 25.6 Å². The predicted molar refractivity (Wildman–Crippen MR) is 159 cm³/mol. The van der Waals surface area contributed by atoms with Crippen molar-refractivity contribution in [1.29, 1.82) is 0 Å². The molecule has 1 spiro atoms. The summed E-state index contributed by atoms with van der Waals surface area (Å²) < 4.78 is 13.1. The van der Waals surface area contributed by atoms with E-state index in [0.717, 1.165) is 72.0 Å². The number of para-hydroxylation sites is 1. The summed E-state index contributed by atoms with van der Waals surface area (Å²) in [6.45, 7) is 9.31. The Bertz CT molecular complexity index is 1620. The van der Waals surface area contributed by atoms with Gasteiger partial charge in [0.2, 0.25) is 0 Å². The highest BCUT2D eigenvalue weighted by molar-refractivity contribution is 5.97. The van der Waals surface area contributed by atoms with E-state index >= 15 is 0 Å². The summed E-state index contributed by atoms with van der Waals surface area (Å²) in [6, 6.07) is 29.1. The summed E-state index contributed by atoms with van der Waals surface area (Å²) in [5, 5.41) is 0. The molecule has 0 fully saturated rings. The lowest BCUT2D eigenvalue weighted by Crippen LogP contribution is -2.35. The molecule has 2 atom stereocenters. The van der Waals surface area contributed by atoms with Gasteiger partial charge in [0.15, 0.2) is 5.60 Å². The number of ether oxygens (including phenoxy) is 2. The zero-order chi connectivity index (χ0) is 27.4. The van der Waals surface area contributed by atoms with Crippen molar-refractivity contribution in [2.45, 2.75) is 39.2 Å². The molecular formula is C35H34N2O3. The molecule has 2 unspecified atom stereocenters. The Labute approximate surface area is 236 Å². The van der Waals surface area contributed by atoms with E-state index in [4.69, 9.17) is 9.47 Å². The zero-order valence-electron chi connectivity index (χ0n) is 23.3. The van der Waals surface area contributed by atoms with Crippen LogP contribution in [0.15, 0.2) is 84.9 Å². The molecule has 0 radical (unpaired) electrons. The van der Waals surface area contributed by atoms with Crippen LogP contribution in [0.5, 0.6) is 11.5 Å². The van der Waals surface area contributed by atoms with Gasteiger partial charge in [0.25, 0.3) is 0 Å². The van der Waals surface area contributed by atoms with Gasteiger partial charge in [0.05, 0.1) is 5.56 Å². The molecule has 0 saturated heterocycles. The number of carbonyl (C=O) groups is 1. The molecule has 0 aliphatic carbocycles. The van der Waals surface area contributed by atoms with E-state index < -0.39 is 5.60 Å². The van der Waals surface area contributed by atoms with Gasteiger partial charge in [-0.05, 0) is 74.2 Å². The normalized spacial score (nSPS) is 20.2. The van der Waals surface area contributed by atoms with Gasteiger partial charge in [-0.1, -0.05) is 49.7 Å². The number of nitrogens with zero attached hydrogens (tertiary/aromatic N) is 2. The number of fused-ring (bicyclic) bond motifs is 7. The fraction of sp³-hybridized carbons (Fsp3) is 0.286. The third-order valence-electron chi connectivity index (χ3n) is 8.93. The second-order valence-electron chi connectivity index (χ2n) is 11.0. The van der Waals surface area contributed by atoms with Crippen molar-refractivity contribution in [2.24, 2.45) is 5.92 Å². The number of benzene rings is 4. The van der Waals surface area contributed by atoms with Crippen LogP contribution in [-0.2, 0) is 16.8 Å². The van der Waals surface area contributed by atoms with Gasteiger partial charge in [-0.15, -0.1) is 0 Å². The molecule has 0 saturated carbocycles. The van der Waals surface area contributed by atoms with Gasteiger partial charge in [0.1, 0.15) is 11.5 Å². The molecule has 4 aromatic carbocycles. The molecule has 5 nitrogen and oxygen atoms in total. The second-order valence-corrected chi connectivity index (χ2v) is 11.0. The summed E-state index contributed by atoms with van der Waals surface area (Å²) in [6.07, 6.45) is 2.21. The van der Waals surface area contributed by atoms with Gasteiger partial charge < -0.3 is 19.3 Å². The highest BCUT2D eigenvalue weighted by Gasteiger charge is 2.53. The van der Waals surface area contributed by atoms with Crippen LogP contribution in [0.4, 0.5) is 17.1 Å². The minimum Gasteiger partial charge on any atom is -0.456 e. The second kappa shape index (κ2) is 9.44. The van der Waals surface area contributed by atoms with Gasteiger partial charge in [-0.3, -0.25) is 0 Å². The zero-order valence-corrected chi connectivity index (χ0v) is 23.3. The fourth-order valence-corrected chi connectivity index (χ4v) is 6.80. The summed E-state index contributed by atoms with van der Waals surface area (Å²) in [4.78, 5) is 18.1. The van der Waals surface area contributed by atoms with Gasteiger partial charge in [-0.2, -0.15) is 0 Å². The number of rotatable bonds is 5. The first-order valence-corrected chi connectivity index (χ1v) is 14.5. The lowest BCUT2D eigenvalue weighted by atomic mass is 9.77. The topological polar surface area (TPSA) is 42.0 Å². The molecule has 202 valence electrons. The average molecular weight is 531 g/mol. The molecular weight excluding hydrogens is 496 g/mol. The quantitative estimate of drug-likeness (QED) is 0.246. The lowest BCUT2D eigenvalue weighted by molar-refractivity contribution is 0.0224.